The molecule has 0 aromatic carbocycles. The van der Waals surface area contributed by atoms with E-state index in [2.05, 4.69) is 5.32 Å². The molecule has 0 aromatic rings. The van der Waals surface area contributed by atoms with Crippen LogP contribution in [0.4, 0.5) is 0 Å². The van der Waals surface area contributed by atoms with Crippen molar-refractivity contribution in [3.05, 3.63) is 22.1 Å². The van der Waals surface area contributed by atoms with Gasteiger partial charge < -0.3 is 15.0 Å². The molecule has 1 saturated heterocycles. The lowest BCUT2D eigenvalue weighted by Crippen LogP contribution is -2.30. The normalized spacial score (nSPS) is 21.5. The average Bonchev–Trinajstić information content (AvgIpc) is 2.63. The van der Waals surface area contributed by atoms with Crippen molar-refractivity contribution in [1.29, 1.82) is 0 Å². The smallest absolute Gasteiger partial charge is 0.274 e. The van der Waals surface area contributed by atoms with E-state index in [1.807, 2.05) is 0 Å². The predicted octanol–water partition coefficient (Wildman–Crippen LogP) is 0.250. The van der Waals surface area contributed by atoms with E-state index < -0.39 is 4.92 Å². The molecule has 0 spiro atoms. The highest BCUT2D eigenvalue weighted by molar-refractivity contribution is 4.92. The van der Waals surface area contributed by atoms with E-state index in [-0.39, 0.29) is 0 Å². The van der Waals surface area contributed by atoms with Gasteiger partial charge in [0.25, 0.3) is 6.20 Å². The fraction of sp³-hybridized carbons (Fsp3) is 0.778. The van der Waals surface area contributed by atoms with Crippen LogP contribution >= 0.6 is 0 Å². The van der Waals surface area contributed by atoms with Gasteiger partial charge in [-0.3, -0.25) is 10.1 Å². The predicted molar refractivity (Wildman–Crippen MR) is 55.7 cm³/mol. The third-order valence-electron chi connectivity index (χ3n) is 2.31. The van der Waals surface area contributed by atoms with Crippen LogP contribution in [0.5, 0.6) is 0 Å². The van der Waals surface area contributed by atoms with Crippen LogP contribution in [0.1, 0.15) is 6.42 Å². The lowest BCUT2D eigenvalue weighted by Gasteiger charge is -2.18. The van der Waals surface area contributed by atoms with E-state index in [0.717, 1.165) is 32.4 Å². The fourth-order valence-corrected chi connectivity index (χ4v) is 1.41. The van der Waals surface area contributed by atoms with Gasteiger partial charge in [-0.15, -0.1) is 0 Å². The Hall–Kier alpha value is -1.30. The maximum absolute atomic E-state index is 10.3. The topological polar surface area (TPSA) is 67.6 Å². The van der Waals surface area contributed by atoms with Gasteiger partial charge in [0.15, 0.2) is 5.82 Å². The van der Waals surface area contributed by atoms with E-state index in [1.54, 1.807) is 19.0 Å². The second kappa shape index (κ2) is 5.55. The number of nitrogens with zero attached hydrogens (tertiary/aromatic N) is 2. The van der Waals surface area contributed by atoms with Crippen molar-refractivity contribution in [3.8, 4) is 0 Å². The molecule has 1 heterocycles. The lowest BCUT2D eigenvalue weighted by atomic mass is 10.1. The molecule has 86 valence electrons. The standard InChI is InChI=1S/C9H17N3O3/c1-11(2)9(6-12(13)14)10-5-8-3-4-15-7-8/h6,8,10H,3-5,7H2,1-2H3. The highest BCUT2D eigenvalue weighted by Crippen LogP contribution is 2.11. The molecule has 1 rings (SSSR count). The summed E-state index contributed by atoms with van der Waals surface area (Å²) in [5.41, 5.74) is 0. The van der Waals surface area contributed by atoms with Crippen LogP contribution in [-0.2, 0) is 4.74 Å². The van der Waals surface area contributed by atoms with Crippen LogP contribution in [0.3, 0.4) is 0 Å². The van der Waals surface area contributed by atoms with Crippen LogP contribution in [0.25, 0.3) is 0 Å². The van der Waals surface area contributed by atoms with E-state index >= 15 is 0 Å². The van der Waals surface area contributed by atoms with Gasteiger partial charge in [-0.05, 0) is 6.42 Å². The molecule has 0 radical (unpaired) electrons. The summed E-state index contributed by atoms with van der Waals surface area (Å²) in [4.78, 5) is 11.6. The minimum absolute atomic E-state index is 0.451. The first-order chi connectivity index (χ1) is 7.09. The van der Waals surface area contributed by atoms with Gasteiger partial charge in [0.1, 0.15) is 0 Å². The summed E-state index contributed by atoms with van der Waals surface area (Å²) in [6, 6.07) is 0. The summed E-state index contributed by atoms with van der Waals surface area (Å²) in [5, 5.41) is 13.4. The number of hydrogen-bond acceptors (Lipinski definition) is 5. The molecule has 15 heavy (non-hydrogen) atoms. The van der Waals surface area contributed by atoms with Crippen molar-refractivity contribution in [3.63, 3.8) is 0 Å². The van der Waals surface area contributed by atoms with Crippen molar-refractivity contribution in [2.45, 2.75) is 6.42 Å². The number of nitrogens with one attached hydrogen (secondary N) is 1. The van der Waals surface area contributed by atoms with Crippen LogP contribution in [0, 0.1) is 16.0 Å². The van der Waals surface area contributed by atoms with Crippen molar-refractivity contribution >= 4 is 0 Å². The Kier molecular flexibility index (Phi) is 4.36. The lowest BCUT2D eigenvalue weighted by molar-refractivity contribution is -0.404. The zero-order valence-electron chi connectivity index (χ0n) is 9.10. The fourth-order valence-electron chi connectivity index (χ4n) is 1.41. The Labute approximate surface area is 89.0 Å². The van der Waals surface area contributed by atoms with Gasteiger partial charge in [0.2, 0.25) is 0 Å². The van der Waals surface area contributed by atoms with E-state index in [1.165, 1.54) is 0 Å². The molecule has 0 saturated carbocycles. The third-order valence-corrected chi connectivity index (χ3v) is 2.31. The van der Waals surface area contributed by atoms with Crippen LogP contribution in [-0.4, -0.2) is 43.7 Å². The van der Waals surface area contributed by atoms with Crippen molar-refractivity contribution in [2.75, 3.05) is 33.9 Å². The zero-order chi connectivity index (χ0) is 11.3. The summed E-state index contributed by atoms with van der Waals surface area (Å²) >= 11 is 0. The molecule has 0 bridgehead atoms. The second-order valence-electron chi connectivity index (χ2n) is 3.80. The average molecular weight is 215 g/mol. The summed E-state index contributed by atoms with van der Waals surface area (Å²) < 4.78 is 5.22. The molecule has 1 aliphatic rings. The third kappa shape index (κ3) is 4.16. The molecule has 0 aromatic heterocycles. The van der Waals surface area contributed by atoms with Crippen LogP contribution < -0.4 is 5.32 Å². The Balaban J connectivity index is 2.40. The first kappa shape index (κ1) is 11.8. The molecule has 6 heteroatoms. The molecule has 6 nitrogen and oxygen atoms in total. The quantitative estimate of drug-likeness (QED) is 0.526. The maximum atomic E-state index is 10.3. The van der Waals surface area contributed by atoms with Gasteiger partial charge in [-0.2, -0.15) is 0 Å². The molecule has 1 fully saturated rings. The summed E-state index contributed by atoms with van der Waals surface area (Å²) in [6.45, 7) is 2.26. The Morgan fingerprint density at radius 1 is 1.73 bits per heavy atom. The summed E-state index contributed by atoms with van der Waals surface area (Å²) in [5.74, 6) is 0.979. The second-order valence-corrected chi connectivity index (χ2v) is 3.80. The maximum Gasteiger partial charge on any atom is 0.274 e. The summed E-state index contributed by atoms with van der Waals surface area (Å²) in [7, 11) is 3.54. The molecular formula is C9H17N3O3. The first-order valence-corrected chi connectivity index (χ1v) is 4.94. The Morgan fingerprint density at radius 3 is 2.93 bits per heavy atom. The zero-order valence-corrected chi connectivity index (χ0v) is 9.10. The first-order valence-electron chi connectivity index (χ1n) is 4.94. The minimum atomic E-state index is -0.451. The highest BCUT2D eigenvalue weighted by Gasteiger charge is 2.16. The molecular weight excluding hydrogens is 198 g/mol. The number of ether oxygens (including phenoxy) is 1. The SMILES string of the molecule is CN(C)C(=C[N+](=O)[O-])NCC1CCOC1. The molecule has 1 aliphatic heterocycles. The largest absolute Gasteiger partial charge is 0.381 e. The number of nitro groups is 1. The van der Waals surface area contributed by atoms with Gasteiger partial charge in [-0.25, -0.2) is 0 Å². The van der Waals surface area contributed by atoms with Gasteiger partial charge in [-0.1, -0.05) is 0 Å². The van der Waals surface area contributed by atoms with Crippen molar-refractivity contribution in [1.82, 2.24) is 10.2 Å². The van der Waals surface area contributed by atoms with E-state index in [0.29, 0.717) is 11.7 Å². The van der Waals surface area contributed by atoms with E-state index in [9.17, 15) is 10.1 Å². The van der Waals surface area contributed by atoms with Crippen molar-refractivity contribution < 1.29 is 9.66 Å². The highest BCUT2D eigenvalue weighted by atomic mass is 16.6. The molecule has 0 aliphatic carbocycles. The van der Waals surface area contributed by atoms with Crippen LogP contribution in [0.15, 0.2) is 12.0 Å². The molecule has 0 amide bonds. The molecule has 1 atom stereocenters. The van der Waals surface area contributed by atoms with Gasteiger partial charge >= 0.3 is 0 Å². The monoisotopic (exact) mass is 215 g/mol. The molecule has 1 unspecified atom stereocenters. The molecule has 1 N–H and O–H groups in total. The van der Waals surface area contributed by atoms with Gasteiger partial charge in [0, 0.05) is 33.2 Å². The summed E-state index contributed by atoms with van der Waals surface area (Å²) in [6.07, 6.45) is 2.00. The minimum Gasteiger partial charge on any atom is -0.381 e. The van der Waals surface area contributed by atoms with Gasteiger partial charge in [0.05, 0.1) is 11.5 Å². The van der Waals surface area contributed by atoms with E-state index in [4.69, 9.17) is 4.74 Å². The number of rotatable bonds is 5. The number of hydrogen-bond donors (Lipinski definition) is 1. The van der Waals surface area contributed by atoms with Crippen LogP contribution in [0.2, 0.25) is 0 Å². The Morgan fingerprint density at radius 2 is 2.47 bits per heavy atom. The Bertz CT molecular complexity index is 247. The van der Waals surface area contributed by atoms with Crippen molar-refractivity contribution in [2.24, 2.45) is 5.92 Å².